The second kappa shape index (κ2) is 8.61. The third kappa shape index (κ3) is 3.50. The van der Waals surface area contributed by atoms with Crippen molar-refractivity contribution in [1.82, 2.24) is 0 Å². The predicted molar refractivity (Wildman–Crippen MR) is 131 cm³/mol. The minimum Gasteiger partial charge on any atom is -0.393 e. The molecular weight excluding hydrogens is 444 g/mol. The largest absolute Gasteiger partial charge is 0.393 e. The molecule has 1 saturated heterocycles. The molecule has 0 aromatic carbocycles. The molecule has 1 N–H and O–H groups in total. The molecular formula is C29H42O6. The number of carbonyl (C=O) groups excluding carboxylic acids is 2. The van der Waals surface area contributed by atoms with Crippen LogP contribution < -0.4 is 0 Å². The Hall–Kier alpha value is -1.34. The maximum atomic E-state index is 13.7. The standard InChI is InChI=1S/C29H42O6/c1-6-8-11-29(33-7-2)34-17-24(32)28(35-29)13-10-21-20-14-18(3)22-15-19(30)9-12-26(22,4)25(20)23(31)16-27(21,28)5/h9,12,15,18,20-21,23,25,31H,6-8,10-11,13-14,16-17H2,1-5H3/t18-,20?,21?,23-,25?,26?,27?,28-,29?/m0/s1. The topological polar surface area (TPSA) is 82.1 Å². The van der Waals surface area contributed by atoms with Crippen molar-refractivity contribution in [3.05, 3.63) is 23.8 Å². The van der Waals surface area contributed by atoms with Crippen LogP contribution in [0.4, 0.5) is 0 Å². The van der Waals surface area contributed by atoms with Gasteiger partial charge in [0.05, 0.1) is 6.10 Å². The van der Waals surface area contributed by atoms with Crippen molar-refractivity contribution in [3.63, 3.8) is 0 Å². The molecule has 1 spiro atoms. The summed E-state index contributed by atoms with van der Waals surface area (Å²) in [4.78, 5) is 25.9. The Kier molecular flexibility index (Phi) is 6.23. The molecule has 0 bridgehead atoms. The van der Waals surface area contributed by atoms with Crippen molar-refractivity contribution in [2.45, 2.75) is 97.2 Å². The third-order valence-electron chi connectivity index (χ3n) is 10.3. The number of rotatable bonds is 5. The van der Waals surface area contributed by atoms with Crippen LogP contribution in [0.3, 0.4) is 0 Å². The first-order valence-corrected chi connectivity index (χ1v) is 13.7. The lowest BCUT2D eigenvalue weighted by Crippen LogP contribution is -2.68. The van der Waals surface area contributed by atoms with Gasteiger partial charge in [-0.1, -0.05) is 45.8 Å². The molecule has 1 aliphatic heterocycles. The van der Waals surface area contributed by atoms with Gasteiger partial charge in [0.1, 0.15) is 12.2 Å². The lowest BCUT2D eigenvalue weighted by atomic mass is 9.44. The summed E-state index contributed by atoms with van der Waals surface area (Å²) in [6.45, 7) is 11.0. The third-order valence-corrected chi connectivity index (χ3v) is 10.3. The SMILES string of the molecule is CCCCC1(OCC)OCC(=O)[C@]2(CCC3C4C[C@H](C)C5=CC(=O)C=CC5(C)C4[C@@H](O)CC32C)O1. The van der Waals surface area contributed by atoms with Gasteiger partial charge < -0.3 is 19.3 Å². The maximum Gasteiger partial charge on any atom is 0.284 e. The number of aliphatic hydroxyl groups excluding tert-OH is 1. The van der Waals surface area contributed by atoms with Crippen LogP contribution in [0.2, 0.25) is 0 Å². The molecule has 0 radical (unpaired) electrons. The van der Waals surface area contributed by atoms with Crippen LogP contribution in [0.1, 0.15) is 79.6 Å². The molecule has 4 aliphatic carbocycles. The van der Waals surface area contributed by atoms with Crippen molar-refractivity contribution in [2.75, 3.05) is 13.2 Å². The molecule has 0 aromatic rings. The number of hydrogen-bond acceptors (Lipinski definition) is 6. The van der Waals surface area contributed by atoms with Crippen molar-refractivity contribution in [2.24, 2.45) is 34.5 Å². The zero-order valence-electron chi connectivity index (χ0n) is 22.0. The van der Waals surface area contributed by atoms with Crippen LogP contribution in [0.25, 0.3) is 0 Å². The van der Waals surface area contributed by atoms with Gasteiger partial charge in [-0.2, -0.15) is 0 Å². The summed E-state index contributed by atoms with van der Waals surface area (Å²) < 4.78 is 18.8. The summed E-state index contributed by atoms with van der Waals surface area (Å²) in [5, 5.41) is 11.8. The molecule has 1 heterocycles. The number of aliphatic hydroxyl groups is 1. The van der Waals surface area contributed by atoms with Crippen molar-refractivity contribution in [1.29, 1.82) is 0 Å². The fourth-order valence-corrected chi connectivity index (χ4v) is 8.89. The van der Waals surface area contributed by atoms with Crippen molar-refractivity contribution < 1.29 is 28.9 Å². The Morgan fingerprint density at radius 2 is 2.00 bits per heavy atom. The highest BCUT2D eigenvalue weighted by Gasteiger charge is 2.72. The Bertz CT molecular complexity index is 955. The average molecular weight is 487 g/mol. The van der Waals surface area contributed by atoms with Crippen molar-refractivity contribution >= 4 is 11.6 Å². The predicted octanol–water partition coefficient (Wildman–Crippen LogP) is 4.75. The number of unbranched alkanes of at least 4 members (excludes halogenated alkanes) is 1. The van der Waals surface area contributed by atoms with Crippen LogP contribution >= 0.6 is 0 Å². The second-order valence-corrected chi connectivity index (χ2v) is 12.1. The van der Waals surface area contributed by atoms with E-state index in [1.807, 2.05) is 13.0 Å². The number of fused-ring (bicyclic) bond motifs is 6. The van der Waals surface area contributed by atoms with E-state index in [-0.39, 0.29) is 47.3 Å². The van der Waals surface area contributed by atoms with E-state index in [4.69, 9.17) is 14.2 Å². The number of allylic oxidation sites excluding steroid dienone is 4. The van der Waals surface area contributed by atoms with Crippen LogP contribution in [0, 0.1) is 34.5 Å². The summed E-state index contributed by atoms with van der Waals surface area (Å²) in [7, 11) is 0. The second-order valence-electron chi connectivity index (χ2n) is 12.1. The lowest BCUT2D eigenvalue weighted by Gasteiger charge is -2.62. The van der Waals surface area contributed by atoms with E-state index in [0.29, 0.717) is 25.9 Å². The first-order valence-electron chi connectivity index (χ1n) is 13.7. The molecule has 9 atom stereocenters. The van der Waals surface area contributed by atoms with Gasteiger partial charge in [-0.15, -0.1) is 0 Å². The zero-order valence-corrected chi connectivity index (χ0v) is 22.0. The number of ketones is 2. The van der Waals surface area contributed by atoms with Crippen molar-refractivity contribution in [3.8, 4) is 0 Å². The number of hydrogen-bond donors (Lipinski definition) is 1. The summed E-state index contributed by atoms with van der Waals surface area (Å²) in [6.07, 6.45) is 10.3. The van der Waals surface area contributed by atoms with Crippen LogP contribution in [0.15, 0.2) is 23.8 Å². The minimum atomic E-state index is -1.20. The molecule has 6 heteroatoms. The van der Waals surface area contributed by atoms with Gasteiger partial charge in [-0.3, -0.25) is 9.59 Å². The number of ether oxygens (including phenoxy) is 3. The quantitative estimate of drug-likeness (QED) is 0.604. The molecule has 6 unspecified atom stereocenters. The first kappa shape index (κ1) is 25.3. The van der Waals surface area contributed by atoms with E-state index in [1.54, 1.807) is 12.2 Å². The van der Waals surface area contributed by atoms with E-state index in [1.165, 1.54) is 0 Å². The van der Waals surface area contributed by atoms with Crippen LogP contribution in [-0.4, -0.2) is 47.6 Å². The summed E-state index contributed by atoms with van der Waals surface area (Å²) in [5.74, 6) is -0.414. The number of Topliss-reactive ketones (excluding diaryl/α,β-unsaturated/α-hetero) is 1. The van der Waals surface area contributed by atoms with Gasteiger partial charge in [0, 0.05) is 29.8 Å². The zero-order chi connectivity index (χ0) is 25.2. The van der Waals surface area contributed by atoms with Gasteiger partial charge >= 0.3 is 0 Å². The van der Waals surface area contributed by atoms with Gasteiger partial charge in [-0.05, 0) is 68.9 Å². The van der Waals surface area contributed by atoms with E-state index in [0.717, 1.165) is 31.3 Å². The molecule has 4 fully saturated rings. The van der Waals surface area contributed by atoms with Gasteiger partial charge in [0.15, 0.2) is 11.6 Å². The molecule has 0 amide bonds. The van der Waals surface area contributed by atoms with Gasteiger partial charge in [0.2, 0.25) is 0 Å². The lowest BCUT2D eigenvalue weighted by molar-refractivity contribution is -0.432. The monoisotopic (exact) mass is 486 g/mol. The minimum absolute atomic E-state index is 0.0118. The Morgan fingerprint density at radius 1 is 1.23 bits per heavy atom. The van der Waals surface area contributed by atoms with Crippen LogP contribution in [0.5, 0.6) is 0 Å². The Balaban J connectivity index is 1.53. The normalized spacial score (nSPS) is 49.0. The maximum absolute atomic E-state index is 13.7. The Morgan fingerprint density at radius 3 is 2.71 bits per heavy atom. The summed E-state index contributed by atoms with van der Waals surface area (Å²) >= 11 is 0. The molecule has 35 heavy (non-hydrogen) atoms. The fourth-order valence-electron chi connectivity index (χ4n) is 8.89. The number of carbonyl (C=O) groups is 2. The summed E-state index contributed by atoms with van der Waals surface area (Å²) in [5.41, 5.74) is -0.712. The molecule has 0 aromatic heterocycles. The highest BCUT2D eigenvalue weighted by molar-refractivity contribution is 6.01. The molecule has 3 saturated carbocycles. The average Bonchev–Trinajstić information content (AvgIpc) is 3.08. The molecule has 5 aliphatic rings. The van der Waals surface area contributed by atoms with E-state index < -0.39 is 23.1 Å². The van der Waals surface area contributed by atoms with Gasteiger partial charge in [0.25, 0.3) is 5.97 Å². The highest BCUT2D eigenvalue weighted by atomic mass is 16.9. The first-order chi connectivity index (χ1) is 16.6. The van der Waals surface area contributed by atoms with Gasteiger partial charge in [-0.25, -0.2) is 0 Å². The molecule has 6 nitrogen and oxygen atoms in total. The molecule has 5 rings (SSSR count). The van der Waals surface area contributed by atoms with Crippen LogP contribution in [-0.2, 0) is 23.8 Å². The van der Waals surface area contributed by atoms with E-state index in [2.05, 4.69) is 27.7 Å². The fraction of sp³-hybridized carbons (Fsp3) is 0.793. The van der Waals surface area contributed by atoms with E-state index in [9.17, 15) is 14.7 Å². The smallest absolute Gasteiger partial charge is 0.284 e. The Labute approximate surface area is 209 Å². The van der Waals surface area contributed by atoms with E-state index >= 15 is 0 Å². The molecule has 194 valence electrons. The highest BCUT2D eigenvalue weighted by Crippen LogP contribution is 2.69. The summed E-state index contributed by atoms with van der Waals surface area (Å²) in [6, 6.07) is 0.